The molecule has 0 unspecified atom stereocenters. The molecule has 5 rings (SSSR count). The van der Waals surface area contributed by atoms with Crippen LogP contribution in [0.25, 0.3) is 33.2 Å². The summed E-state index contributed by atoms with van der Waals surface area (Å²) in [5.41, 5.74) is 15.8. The number of carbonyl (C=O) groups excluding carboxylic acids is 1. The lowest BCUT2D eigenvalue weighted by molar-refractivity contribution is -0.130. The van der Waals surface area contributed by atoms with E-state index in [-0.39, 0.29) is 24.3 Å². The minimum Gasteiger partial charge on any atom is -0.396 e. The maximum Gasteiger partial charge on any atom is 0.222 e. The number of fused-ring (bicyclic) bond motifs is 8. The number of allylic oxidation sites excluding steroid dienone is 2. The Morgan fingerprint density at radius 3 is 2.30 bits per heavy atom. The van der Waals surface area contributed by atoms with Crippen molar-refractivity contribution >= 4 is 39.1 Å². The lowest BCUT2D eigenvalue weighted by atomic mass is 9.86. The van der Waals surface area contributed by atoms with Crippen molar-refractivity contribution in [2.24, 2.45) is 0 Å². The van der Waals surface area contributed by atoms with E-state index in [2.05, 4.69) is 82.7 Å². The Balaban J connectivity index is 1.75. The van der Waals surface area contributed by atoms with Gasteiger partial charge in [0.1, 0.15) is 0 Å². The molecule has 1 amide bonds. The molecule has 0 radical (unpaired) electrons. The lowest BCUT2D eigenvalue weighted by Gasteiger charge is -2.20. The molecular formula is C36H47N5O2. The van der Waals surface area contributed by atoms with Crippen LogP contribution in [-0.2, 0) is 11.2 Å². The van der Waals surface area contributed by atoms with E-state index in [4.69, 9.17) is 9.97 Å². The quantitative estimate of drug-likeness (QED) is 0.254. The first-order valence-electron chi connectivity index (χ1n) is 15.8. The minimum atomic E-state index is 0.0884. The Morgan fingerprint density at radius 2 is 1.60 bits per heavy atom. The highest BCUT2D eigenvalue weighted by atomic mass is 16.3. The highest BCUT2D eigenvalue weighted by molar-refractivity contribution is 5.92. The standard InChI is InChI=1S/C36H47N5O2/c1-9-25-22(5)31-19-34-26(10-2)21(4)30(38-34)18-32-23(6)27(12-13-35(43)41(8)14-11-15-42)36(40-32)24(7)29-16-20(3)28(37-29)17-33(25)39-31/h16-19,23,27,37-38,42H,9-15H2,1-8H3/t23-,27-/m0/s1. The van der Waals surface area contributed by atoms with Crippen LogP contribution in [-0.4, -0.2) is 56.0 Å². The van der Waals surface area contributed by atoms with Crippen LogP contribution in [0.1, 0.15) is 110 Å². The number of rotatable bonds is 8. The van der Waals surface area contributed by atoms with E-state index in [1.54, 1.807) is 4.90 Å². The van der Waals surface area contributed by atoms with Gasteiger partial charge in [0.2, 0.25) is 5.91 Å². The molecule has 7 nitrogen and oxygen atoms in total. The summed E-state index contributed by atoms with van der Waals surface area (Å²) in [6.45, 7) is 16.0. The average Bonchev–Trinajstić information content (AvgIpc) is 3.68. The van der Waals surface area contributed by atoms with E-state index in [1.807, 2.05) is 7.05 Å². The molecule has 3 N–H and O–H groups in total. The third-order valence-corrected chi connectivity index (χ3v) is 9.66. The summed E-state index contributed by atoms with van der Waals surface area (Å²) in [6.07, 6.45) is 3.60. The summed E-state index contributed by atoms with van der Waals surface area (Å²) in [7, 11) is 1.82. The number of aliphatic hydroxyl groups is 1. The van der Waals surface area contributed by atoms with Gasteiger partial charge in [0.25, 0.3) is 0 Å². The summed E-state index contributed by atoms with van der Waals surface area (Å²) >= 11 is 0. The number of hydrogen-bond acceptors (Lipinski definition) is 4. The molecule has 0 fully saturated rings. The highest BCUT2D eigenvalue weighted by Gasteiger charge is 2.31. The predicted octanol–water partition coefficient (Wildman–Crippen LogP) is 7.65. The number of aromatic amines is 2. The van der Waals surface area contributed by atoms with Crippen molar-refractivity contribution in [1.82, 2.24) is 24.8 Å². The largest absolute Gasteiger partial charge is 0.396 e. The van der Waals surface area contributed by atoms with Gasteiger partial charge in [-0.25, -0.2) is 4.98 Å². The fraction of sp³-hybridized carbons (Fsp3) is 0.472. The normalized spacial score (nSPS) is 16.7. The molecular weight excluding hydrogens is 534 g/mol. The second kappa shape index (κ2) is 12.5. The van der Waals surface area contributed by atoms with Gasteiger partial charge in [-0.1, -0.05) is 20.8 Å². The first-order valence-corrected chi connectivity index (χ1v) is 15.8. The summed E-state index contributed by atoms with van der Waals surface area (Å²) in [5, 5.41) is 9.20. The third-order valence-electron chi connectivity index (χ3n) is 9.66. The van der Waals surface area contributed by atoms with Gasteiger partial charge in [-0.15, -0.1) is 0 Å². The van der Waals surface area contributed by atoms with Crippen molar-refractivity contribution in [2.75, 3.05) is 20.2 Å². The maximum absolute atomic E-state index is 13.0. The van der Waals surface area contributed by atoms with Crippen LogP contribution in [0, 0.1) is 20.8 Å². The van der Waals surface area contributed by atoms with Crippen molar-refractivity contribution in [3.05, 3.63) is 69.3 Å². The molecule has 2 aliphatic rings. The van der Waals surface area contributed by atoms with Crippen LogP contribution >= 0.6 is 0 Å². The Hall–Kier alpha value is -3.71. The van der Waals surface area contributed by atoms with Crippen molar-refractivity contribution in [3.63, 3.8) is 0 Å². The van der Waals surface area contributed by atoms with Gasteiger partial charge in [0.15, 0.2) is 0 Å². The molecule has 3 aromatic heterocycles. The molecule has 0 spiro atoms. The van der Waals surface area contributed by atoms with Crippen LogP contribution in [0.15, 0.2) is 24.3 Å². The van der Waals surface area contributed by atoms with Gasteiger partial charge < -0.3 is 20.0 Å². The Bertz CT molecular complexity index is 1740. The zero-order valence-electron chi connectivity index (χ0n) is 27.1. The Morgan fingerprint density at radius 1 is 0.907 bits per heavy atom. The number of aromatic nitrogens is 4. The van der Waals surface area contributed by atoms with Gasteiger partial charge in [0.05, 0.1) is 11.4 Å². The fourth-order valence-corrected chi connectivity index (χ4v) is 6.80. The van der Waals surface area contributed by atoms with Crippen molar-refractivity contribution in [2.45, 2.75) is 92.4 Å². The number of aryl methyl sites for hydroxylation is 4. The number of carbonyl (C=O) groups is 1. The van der Waals surface area contributed by atoms with E-state index >= 15 is 0 Å². The van der Waals surface area contributed by atoms with Crippen molar-refractivity contribution < 1.29 is 9.90 Å². The van der Waals surface area contributed by atoms with Gasteiger partial charge in [-0.05, 0) is 111 Å². The number of aliphatic hydroxyl groups excluding tert-OH is 1. The van der Waals surface area contributed by atoms with Gasteiger partial charge >= 0.3 is 0 Å². The topological polar surface area (TPSA) is 97.9 Å². The Kier molecular flexibility index (Phi) is 8.93. The molecule has 0 saturated carbocycles. The molecule has 0 saturated heterocycles. The molecule has 43 heavy (non-hydrogen) atoms. The number of H-pyrrole nitrogens is 2. The van der Waals surface area contributed by atoms with Crippen LogP contribution < -0.4 is 0 Å². The molecule has 0 aliphatic carbocycles. The first-order chi connectivity index (χ1) is 20.6. The number of amides is 1. The fourth-order valence-electron chi connectivity index (χ4n) is 6.80. The zero-order valence-corrected chi connectivity index (χ0v) is 27.1. The van der Waals surface area contributed by atoms with E-state index in [9.17, 15) is 9.90 Å². The molecule has 2 atom stereocenters. The summed E-state index contributed by atoms with van der Waals surface area (Å²) in [6, 6.07) is 8.83. The molecule has 8 bridgehead atoms. The molecule has 228 valence electrons. The summed E-state index contributed by atoms with van der Waals surface area (Å²) < 4.78 is 0. The number of nitrogens with zero attached hydrogens (tertiary/aromatic N) is 3. The van der Waals surface area contributed by atoms with E-state index in [1.165, 1.54) is 27.8 Å². The van der Waals surface area contributed by atoms with Crippen LogP contribution in [0.3, 0.4) is 0 Å². The molecule has 7 heteroatoms. The molecule has 2 aliphatic heterocycles. The van der Waals surface area contributed by atoms with E-state index < -0.39 is 0 Å². The first kappa shape index (κ1) is 30.7. The van der Waals surface area contributed by atoms with Crippen LogP contribution in [0.2, 0.25) is 0 Å². The predicted molar refractivity (Wildman–Crippen MR) is 177 cm³/mol. The molecule has 5 heterocycles. The Labute approximate surface area is 255 Å². The molecule has 0 aromatic carbocycles. The van der Waals surface area contributed by atoms with Gasteiger partial charge in [0, 0.05) is 71.9 Å². The summed E-state index contributed by atoms with van der Waals surface area (Å²) in [5.74, 6) is 0.387. The summed E-state index contributed by atoms with van der Waals surface area (Å²) in [4.78, 5) is 32.6. The molecule has 3 aromatic rings. The van der Waals surface area contributed by atoms with Crippen molar-refractivity contribution in [1.29, 1.82) is 0 Å². The second-order valence-corrected chi connectivity index (χ2v) is 12.3. The maximum atomic E-state index is 13.0. The van der Waals surface area contributed by atoms with Crippen molar-refractivity contribution in [3.8, 4) is 0 Å². The zero-order chi connectivity index (χ0) is 31.0. The van der Waals surface area contributed by atoms with Gasteiger partial charge in [-0.3, -0.25) is 9.78 Å². The van der Waals surface area contributed by atoms with E-state index in [0.717, 1.165) is 69.7 Å². The number of nitrogens with one attached hydrogen (secondary N) is 2. The van der Waals surface area contributed by atoms with Crippen LogP contribution in [0.4, 0.5) is 0 Å². The second-order valence-electron chi connectivity index (χ2n) is 12.3. The third kappa shape index (κ3) is 5.79. The van der Waals surface area contributed by atoms with E-state index in [0.29, 0.717) is 19.4 Å². The smallest absolute Gasteiger partial charge is 0.222 e. The monoisotopic (exact) mass is 581 g/mol. The SMILES string of the molecule is CCC1=C(C)c2cc3[nH]c(cc4nc(c(C)c5cc(C)c(cc1n2)[nH]5)[C@@H](CCC(=O)N(C)CCCO)[C@@H]4C)c(C)c3CC. The number of hydrogen-bond donors (Lipinski definition) is 3. The average molecular weight is 582 g/mol. The van der Waals surface area contributed by atoms with Gasteiger partial charge in [-0.2, -0.15) is 0 Å². The lowest BCUT2D eigenvalue weighted by Crippen LogP contribution is -2.28. The minimum absolute atomic E-state index is 0.0884. The van der Waals surface area contributed by atoms with Crippen LogP contribution in [0.5, 0.6) is 0 Å². The highest BCUT2D eigenvalue weighted by Crippen LogP contribution is 2.42.